The molecule has 0 unspecified atom stereocenters. The Balaban J connectivity index is 2.15. The number of benzene rings is 2. The van der Waals surface area contributed by atoms with Crippen molar-refractivity contribution in [2.24, 2.45) is 5.10 Å². The summed E-state index contributed by atoms with van der Waals surface area (Å²) in [6.07, 6.45) is 1.35. The van der Waals surface area contributed by atoms with Crippen LogP contribution in [0, 0.1) is 0 Å². The van der Waals surface area contributed by atoms with Crippen LogP contribution in [0.5, 0.6) is 0 Å². The third-order valence-corrected chi connectivity index (χ3v) is 3.47. The molecular weight excluding hydrogens is 339 g/mol. The number of hydrogen-bond donors (Lipinski definition) is 1. The summed E-state index contributed by atoms with van der Waals surface area (Å²) in [5, 5.41) is 4.48. The van der Waals surface area contributed by atoms with Crippen molar-refractivity contribution in [3.05, 3.63) is 69.2 Å². The molecule has 0 aliphatic rings. The number of halogens is 2. The van der Waals surface area contributed by atoms with Gasteiger partial charge in [-0.15, -0.1) is 0 Å². The van der Waals surface area contributed by atoms with E-state index in [1.165, 1.54) is 25.5 Å². The van der Waals surface area contributed by atoms with E-state index in [2.05, 4.69) is 15.3 Å². The number of esters is 1. The molecule has 0 bridgehead atoms. The van der Waals surface area contributed by atoms with E-state index in [4.69, 9.17) is 23.2 Å². The smallest absolute Gasteiger partial charge is 0.338 e. The number of nitrogens with zero attached hydrogens (tertiary/aromatic N) is 1. The first-order chi connectivity index (χ1) is 11.0. The van der Waals surface area contributed by atoms with Crippen molar-refractivity contribution >= 4 is 41.3 Å². The summed E-state index contributed by atoms with van der Waals surface area (Å²) in [6, 6.07) is 11.3. The minimum absolute atomic E-state index is 0.206. The van der Waals surface area contributed by atoms with Gasteiger partial charge in [-0.1, -0.05) is 41.4 Å². The maximum atomic E-state index is 12.0. The summed E-state index contributed by atoms with van der Waals surface area (Å²) in [5.41, 5.74) is 3.39. The van der Waals surface area contributed by atoms with Gasteiger partial charge in [-0.05, 0) is 24.3 Å². The highest BCUT2D eigenvalue weighted by Crippen LogP contribution is 2.20. The van der Waals surface area contributed by atoms with Crippen LogP contribution in [0.1, 0.15) is 26.3 Å². The highest BCUT2D eigenvalue weighted by molar-refractivity contribution is 6.35. The molecule has 1 N–H and O–H groups in total. The molecule has 0 fully saturated rings. The number of carbonyl (C=O) groups is 2. The molecule has 1 amide bonds. The molecule has 0 aliphatic carbocycles. The Labute approximate surface area is 142 Å². The van der Waals surface area contributed by atoms with E-state index < -0.39 is 11.9 Å². The van der Waals surface area contributed by atoms with Gasteiger partial charge >= 0.3 is 5.97 Å². The van der Waals surface area contributed by atoms with E-state index in [-0.39, 0.29) is 10.6 Å². The average Bonchev–Trinajstić information content (AvgIpc) is 2.56. The van der Waals surface area contributed by atoms with Crippen molar-refractivity contribution in [2.75, 3.05) is 7.11 Å². The molecule has 0 atom stereocenters. The lowest BCUT2D eigenvalue weighted by Crippen LogP contribution is -2.18. The van der Waals surface area contributed by atoms with Crippen LogP contribution >= 0.6 is 23.2 Å². The molecule has 23 heavy (non-hydrogen) atoms. The first-order valence-corrected chi connectivity index (χ1v) is 7.24. The van der Waals surface area contributed by atoms with E-state index in [0.29, 0.717) is 16.1 Å². The summed E-state index contributed by atoms with van der Waals surface area (Å²) in [5.74, 6) is -0.999. The fourth-order valence-electron chi connectivity index (χ4n) is 1.80. The highest BCUT2D eigenvalue weighted by atomic mass is 35.5. The van der Waals surface area contributed by atoms with E-state index in [1.54, 1.807) is 30.3 Å². The normalized spacial score (nSPS) is 10.6. The first-order valence-electron chi connectivity index (χ1n) is 6.48. The second-order valence-electron chi connectivity index (χ2n) is 4.40. The number of hydrogen-bond acceptors (Lipinski definition) is 4. The number of ether oxygens (including phenoxy) is 1. The average molecular weight is 351 g/mol. The fourth-order valence-corrected chi connectivity index (χ4v) is 2.17. The predicted octanol–water partition coefficient (Wildman–Crippen LogP) is 3.54. The van der Waals surface area contributed by atoms with Crippen LogP contribution < -0.4 is 5.43 Å². The van der Waals surface area contributed by atoms with Crippen LogP contribution in [0.4, 0.5) is 0 Å². The quantitative estimate of drug-likeness (QED) is 0.520. The molecule has 2 aromatic carbocycles. The Morgan fingerprint density at radius 2 is 1.87 bits per heavy atom. The van der Waals surface area contributed by atoms with Gasteiger partial charge in [0.1, 0.15) is 0 Å². The SMILES string of the molecule is COC(=O)c1ccccc1/C=N\NC(=O)c1cc(Cl)ccc1Cl. The Morgan fingerprint density at radius 3 is 2.61 bits per heavy atom. The Morgan fingerprint density at radius 1 is 1.13 bits per heavy atom. The zero-order valence-electron chi connectivity index (χ0n) is 12.0. The molecule has 5 nitrogen and oxygen atoms in total. The lowest BCUT2D eigenvalue weighted by Gasteiger charge is -2.04. The van der Waals surface area contributed by atoms with Crippen LogP contribution in [-0.4, -0.2) is 25.2 Å². The Kier molecular flexibility index (Phi) is 5.73. The molecule has 0 heterocycles. The predicted molar refractivity (Wildman–Crippen MR) is 89.3 cm³/mol. The van der Waals surface area contributed by atoms with E-state index >= 15 is 0 Å². The van der Waals surface area contributed by atoms with Crippen LogP contribution in [0.3, 0.4) is 0 Å². The van der Waals surface area contributed by atoms with Gasteiger partial charge in [0.25, 0.3) is 5.91 Å². The molecule has 7 heteroatoms. The van der Waals surface area contributed by atoms with Crippen molar-refractivity contribution in [2.45, 2.75) is 0 Å². The molecule has 0 saturated carbocycles. The van der Waals surface area contributed by atoms with Gasteiger partial charge in [0.15, 0.2) is 0 Å². The van der Waals surface area contributed by atoms with Gasteiger partial charge in [0, 0.05) is 10.6 Å². The van der Waals surface area contributed by atoms with Gasteiger partial charge in [-0.2, -0.15) is 5.10 Å². The molecule has 2 aromatic rings. The Hall–Kier alpha value is -2.37. The lowest BCUT2D eigenvalue weighted by molar-refractivity contribution is 0.0600. The van der Waals surface area contributed by atoms with Crippen LogP contribution in [0.2, 0.25) is 10.0 Å². The minimum atomic E-state index is -0.510. The van der Waals surface area contributed by atoms with Crippen molar-refractivity contribution < 1.29 is 14.3 Å². The zero-order chi connectivity index (χ0) is 16.8. The molecule has 0 spiro atoms. The van der Waals surface area contributed by atoms with Gasteiger partial charge in [0.2, 0.25) is 0 Å². The maximum Gasteiger partial charge on any atom is 0.338 e. The number of nitrogens with one attached hydrogen (secondary N) is 1. The maximum absolute atomic E-state index is 12.0. The van der Waals surface area contributed by atoms with Crippen LogP contribution in [0.25, 0.3) is 0 Å². The van der Waals surface area contributed by atoms with E-state index in [0.717, 1.165) is 0 Å². The summed E-state index contributed by atoms with van der Waals surface area (Å²) >= 11 is 11.8. The molecule has 0 aliphatic heterocycles. The summed E-state index contributed by atoms with van der Waals surface area (Å²) in [6.45, 7) is 0. The fraction of sp³-hybridized carbons (Fsp3) is 0.0625. The minimum Gasteiger partial charge on any atom is -0.465 e. The number of amides is 1. The van der Waals surface area contributed by atoms with Crippen molar-refractivity contribution in [1.82, 2.24) is 5.43 Å². The number of carbonyl (C=O) groups excluding carboxylic acids is 2. The molecule has 118 valence electrons. The van der Waals surface area contributed by atoms with E-state index in [9.17, 15) is 9.59 Å². The van der Waals surface area contributed by atoms with E-state index in [1.807, 2.05) is 0 Å². The monoisotopic (exact) mass is 350 g/mol. The van der Waals surface area contributed by atoms with Crippen molar-refractivity contribution in [3.63, 3.8) is 0 Å². The lowest BCUT2D eigenvalue weighted by atomic mass is 10.1. The molecule has 0 saturated heterocycles. The zero-order valence-corrected chi connectivity index (χ0v) is 13.6. The van der Waals surface area contributed by atoms with Crippen LogP contribution in [-0.2, 0) is 4.74 Å². The number of rotatable bonds is 4. The van der Waals surface area contributed by atoms with Crippen molar-refractivity contribution in [1.29, 1.82) is 0 Å². The molecule has 0 aromatic heterocycles. The molecule has 2 rings (SSSR count). The largest absolute Gasteiger partial charge is 0.465 e. The third kappa shape index (κ3) is 4.31. The highest BCUT2D eigenvalue weighted by Gasteiger charge is 2.11. The van der Waals surface area contributed by atoms with Crippen molar-refractivity contribution in [3.8, 4) is 0 Å². The second kappa shape index (κ2) is 7.76. The summed E-state index contributed by atoms with van der Waals surface area (Å²) < 4.78 is 4.68. The first kappa shape index (κ1) is 17.0. The van der Waals surface area contributed by atoms with Gasteiger partial charge < -0.3 is 4.74 Å². The standard InChI is InChI=1S/C16H12Cl2N2O3/c1-23-16(22)12-5-3-2-4-10(12)9-19-20-15(21)13-8-11(17)6-7-14(13)18/h2-9H,1H3,(H,20,21)/b19-9-. The molecule has 0 radical (unpaired) electrons. The second-order valence-corrected chi connectivity index (χ2v) is 5.25. The summed E-state index contributed by atoms with van der Waals surface area (Å²) in [7, 11) is 1.29. The van der Waals surface area contributed by atoms with Gasteiger partial charge in [0.05, 0.1) is 29.5 Å². The third-order valence-electron chi connectivity index (χ3n) is 2.91. The van der Waals surface area contributed by atoms with Gasteiger partial charge in [-0.3, -0.25) is 4.79 Å². The molecular formula is C16H12Cl2N2O3. The summed E-state index contributed by atoms with van der Waals surface area (Å²) in [4.78, 5) is 23.7. The topological polar surface area (TPSA) is 67.8 Å². The number of hydrazone groups is 1. The Bertz CT molecular complexity index is 776. The van der Waals surface area contributed by atoms with Gasteiger partial charge in [-0.25, -0.2) is 10.2 Å². The number of methoxy groups -OCH3 is 1. The van der Waals surface area contributed by atoms with Crippen LogP contribution in [0.15, 0.2) is 47.6 Å².